The van der Waals surface area contributed by atoms with Crippen molar-refractivity contribution in [1.82, 2.24) is 0 Å². The fraction of sp³-hybridized carbons (Fsp3) is 0.467. The van der Waals surface area contributed by atoms with E-state index in [-0.39, 0.29) is 4.90 Å². The molecule has 1 aliphatic rings. The first-order valence-electron chi connectivity index (χ1n) is 6.87. The molecule has 0 aliphatic heterocycles. The van der Waals surface area contributed by atoms with E-state index in [1.807, 2.05) is 0 Å². The Morgan fingerprint density at radius 1 is 1.25 bits per heavy atom. The Morgan fingerprint density at radius 3 is 2.30 bits per heavy atom. The number of nitrogens with two attached hydrogens (primary N) is 1. The molecule has 20 heavy (non-hydrogen) atoms. The first-order valence-corrected chi connectivity index (χ1v) is 8.31. The maximum atomic E-state index is 10.8. The SMILES string of the molecule is C=CCc1ccccc1S(=O)(=O)O.NC1CCCCC1. The summed E-state index contributed by atoms with van der Waals surface area (Å²) < 4.78 is 30.5. The third-order valence-electron chi connectivity index (χ3n) is 3.26. The van der Waals surface area contributed by atoms with Gasteiger partial charge in [-0.15, -0.1) is 6.58 Å². The van der Waals surface area contributed by atoms with Crippen LogP contribution >= 0.6 is 0 Å². The lowest BCUT2D eigenvalue weighted by molar-refractivity contribution is 0.441. The van der Waals surface area contributed by atoms with Gasteiger partial charge in [0.1, 0.15) is 0 Å². The molecule has 3 N–H and O–H groups in total. The molecule has 1 aliphatic carbocycles. The molecule has 1 fully saturated rings. The summed E-state index contributed by atoms with van der Waals surface area (Å²) in [6, 6.07) is 6.83. The largest absolute Gasteiger partial charge is 0.328 e. The molecule has 0 spiro atoms. The lowest BCUT2D eigenvalue weighted by atomic mass is 9.97. The molecule has 0 atom stereocenters. The molecular formula is C15H23NO3S. The Labute approximate surface area is 121 Å². The molecule has 2 rings (SSSR count). The summed E-state index contributed by atoms with van der Waals surface area (Å²) in [4.78, 5) is -0.0464. The standard InChI is InChI=1S/C9H10O3S.C6H13N/c1-2-5-8-6-3-4-7-9(8)13(10,11)12;7-6-4-2-1-3-5-6/h2-4,6-7H,1,5H2,(H,10,11,12);6H,1-5,7H2. The van der Waals surface area contributed by atoms with Gasteiger partial charge >= 0.3 is 0 Å². The summed E-state index contributed by atoms with van der Waals surface area (Å²) in [5.74, 6) is 0. The van der Waals surface area contributed by atoms with Crippen LogP contribution in [0, 0.1) is 0 Å². The molecule has 0 amide bonds. The van der Waals surface area contributed by atoms with Crippen molar-refractivity contribution in [2.45, 2.75) is 49.5 Å². The highest BCUT2D eigenvalue weighted by Gasteiger charge is 2.12. The molecule has 0 bridgehead atoms. The molecule has 1 saturated carbocycles. The summed E-state index contributed by atoms with van der Waals surface area (Å²) in [7, 11) is -4.10. The number of rotatable bonds is 3. The van der Waals surface area contributed by atoms with Gasteiger partial charge in [-0.25, -0.2) is 0 Å². The minimum atomic E-state index is -4.10. The maximum Gasteiger partial charge on any atom is 0.294 e. The van der Waals surface area contributed by atoms with E-state index in [0.717, 1.165) is 0 Å². The van der Waals surface area contributed by atoms with Crippen LogP contribution in [0.15, 0.2) is 41.8 Å². The lowest BCUT2D eigenvalue weighted by Crippen LogP contribution is -2.22. The smallest absolute Gasteiger partial charge is 0.294 e. The predicted molar refractivity (Wildman–Crippen MR) is 81.2 cm³/mol. The van der Waals surface area contributed by atoms with E-state index < -0.39 is 10.1 Å². The van der Waals surface area contributed by atoms with Gasteiger partial charge in [-0.05, 0) is 30.9 Å². The first kappa shape index (κ1) is 16.9. The van der Waals surface area contributed by atoms with Gasteiger partial charge in [0.15, 0.2) is 0 Å². The number of hydrogen-bond acceptors (Lipinski definition) is 3. The summed E-state index contributed by atoms with van der Waals surface area (Å²) in [5.41, 5.74) is 6.19. The molecule has 1 aromatic carbocycles. The minimum absolute atomic E-state index is 0.0464. The van der Waals surface area contributed by atoms with Gasteiger partial charge in [-0.2, -0.15) is 8.42 Å². The summed E-state index contributed by atoms with van der Waals surface area (Å²) in [6.07, 6.45) is 8.68. The Kier molecular flexibility index (Phi) is 6.91. The molecule has 0 heterocycles. The first-order chi connectivity index (χ1) is 9.45. The topological polar surface area (TPSA) is 80.4 Å². The Balaban J connectivity index is 0.000000240. The number of allylic oxidation sites excluding steroid dienone is 1. The molecule has 5 heteroatoms. The lowest BCUT2D eigenvalue weighted by Gasteiger charge is -2.15. The third-order valence-corrected chi connectivity index (χ3v) is 4.22. The minimum Gasteiger partial charge on any atom is -0.328 e. The predicted octanol–water partition coefficient (Wildman–Crippen LogP) is 2.94. The second-order valence-corrected chi connectivity index (χ2v) is 6.36. The summed E-state index contributed by atoms with van der Waals surface area (Å²) in [5, 5.41) is 0. The second kappa shape index (κ2) is 8.19. The van der Waals surface area contributed by atoms with Gasteiger partial charge in [-0.3, -0.25) is 4.55 Å². The van der Waals surface area contributed by atoms with Crippen molar-refractivity contribution in [2.24, 2.45) is 5.73 Å². The van der Waals surface area contributed by atoms with Crippen LogP contribution in [-0.4, -0.2) is 19.0 Å². The second-order valence-electron chi connectivity index (χ2n) is 4.97. The van der Waals surface area contributed by atoms with Crippen LogP contribution < -0.4 is 5.73 Å². The molecule has 0 aromatic heterocycles. The van der Waals surface area contributed by atoms with Crippen molar-refractivity contribution < 1.29 is 13.0 Å². The van der Waals surface area contributed by atoms with E-state index in [2.05, 4.69) is 6.58 Å². The Bertz CT molecular complexity index is 520. The monoisotopic (exact) mass is 297 g/mol. The Hall–Kier alpha value is -1.17. The fourth-order valence-corrected chi connectivity index (χ4v) is 2.95. The highest BCUT2D eigenvalue weighted by atomic mass is 32.2. The zero-order chi connectivity index (χ0) is 15.0. The average molecular weight is 297 g/mol. The van der Waals surface area contributed by atoms with Crippen molar-refractivity contribution in [1.29, 1.82) is 0 Å². The van der Waals surface area contributed by atoms with E-state index in [4.69, 9.17) is 10.3 Å². The maximum absolute atomic E-state index is 10.8. The molecule has 0 radical (unpaired) electrons. The van der Waals surface area contributed by atoms with Crippen molar-refractivity contribution in [2.75, 3.05) is 0 Å². The summed E-state index contributed by atoms with van der Waals surface area (Å²) in [6.45, 7) is 3.50. The van der Waals surface area contributed by atoms with E-state index in [0.29, 0.717) is 18.0 Å². The van der Waals surface area contributed by atoms with Crippen molar-refractivity contribution in [3.05, 3.63) is 42.5 Å². The van der Waals surface area contributed by atoms with Crippen LogP contribution in [0.5, 0.6) is 0 Å². The van der Waals surface area contributed by atoms with Crippen LogP contribution in [0.1, 0.15) is 37.7 Å². The number of hydrogen-bond donors (Lipinski definition) is 2. The number of benzene rings is 1. The zero-order valence-electron chi connectivity index (χ0n) is 11.7. The van der Waals surface area contributed by atoms with E-state index in [1.54, 1.807) is 24.3 Å². The average Bonchev–Trinajstić information content (AvgIpc) is 2.40. The highest BCUT2D eigenvalue weighted by Crippen LogP contribution is 2.15. The van der Waals surface area contributed by atoms with E-state index >= 15 is 0 Å². The molecule has 0 saturated heterocycles. The van der Waals surface area contributed by atoms with Crippen molar-refractivity contribution in [3.63, 3.8) is 0 Å². The van der Waals surface area contributed by atoms with Crippen molar-refractivity contribution >= 4 is 10.1 Å². The van der Waals surface area contributed by atoms with Gasteiger partial charge in [0, 0.05) is 6.04 Å². The van der Waals surface area contributed by atoms with Crippen LogP contribution in [0.3, 0.4) is 0 Å². The highest BCUT2D eigenvalue weighted by molar-refractivity contribution is 7.85. The van der Waals surface area contributed by atoms with Gasteiger partial charge in [0.25, 0.3) is 10.1 Å². The fourth-order valence-electron chi connectivity index (χ4n) is 2.21. The summed E-state index contributed by atoms with van der Waals surface area (Å²) >= 11 is 0. The van der Waals surface area contributed by atoms with Gasteiger partial charge in [0.2, 0.25) is 0 Å². The van der Waals surface area contributed by atoms with Crippen LogP contribution in [-0.2, 0) is 16.5 Å². The third kappa shape index (κ3) is 5.86. The van der Waals surface area contributed by atoms with Gasteiger partial charge < -0.3 is 5.73 Å². The Morgan fingerprint density at radius 2 is 1.85 bits per heavy atom. The molecular weight excluding hydrogens is 274 g/mol. The molecule has 112 valence electrons. The van der Waals surface area contributed by atoms with Crippen LogP contribution in [0.4, 0.5) is 0 Å². The normalized spacial score (nSPS) is 16.1. The quantitative estimate of drug-likeness (QED) is 0.664. The molecule has 0 unspecified atom stereocenters. The molecule has 4 nitrogen and oxygen atoms in total. The van der Waals surface area contributed by atoms with Gasteiger partial charge in [0.05, 0.1) is 4.90 Å². The van der Waals surface area contributed by atoms with Gasteiger partial charge in [-0.1, -0.05) is 43.5 Å². The van der Waals surface area contributed by atoms with Crippen LogP contribution in [0.2, 0.25) is 0 Å². The van der Waals surface area contributed by atoms with Crippen molar-refractivity contribution in [3.8, 4) is 0 Å². The molecule has 1 aromatic rings. The van der Waals surface area contributed by atoms with Crippen LogP contribution in [0.25, 0.3) is 0 Å². The van der Waals surface area contributed by atoms with E-state index in [9.17, 15) is 8.42 Å². The van der Waals surface area contributed by atoms with E-state index in [1.165, 1.54) is 38.2 Å². The zero-order valence-corrected chi connectivity index (χ0v) is 12.5.